The zero-order valence-electron chi connectivity index (χ0n) is 14.5. The van der Waals surface area contributed by atoms with E-state index < -0.39 is 6.09 Å². The Labute approximate surface area is 164 Å². The first kappa shape index (κ1) is 20.8. The van der Waals surface area contributed by atoms with Crippen molar-refractivity contribution in [3.63, 3.8) is 0 Å². The molecule has 6 nitrogen and oxygen atoms in total. The van der Waals surface area contributed by atoms with Crippen LogP contribution in [0.25, 0.3) is 0 Å². The van der Waals surface area contributed by atoms with Crippen molar-refractivity contribution in [3.05, 3.63) is 59.2 Å². The second-order valence-electron chi connectivity index (χ2n) is 5.52. The molecule has 0 bridgehead atoms. The van der Waals surface area contributed by atoms with E-state index in [0.717, 1.165) is 11.3 Å². The third-order valence-electron chi connectivity index (χ3n) is 3.31. The van der Waals surface area contributed by atoms with Crippen molar-refractivity contribution in [2.45, 2.75) is 20.4 Å². The van der Waals surface area contributed by atoms with E-state index in [-0.39, 0.29) is 24.0 Å². The van der Waals surface area contributed by atoms with E-state index in [0.29, 0.717) is 18.2 Å². The van der Waals surface area contributed by atoms with E-state index in [4.69, 9.17) is 5.73 Å². The largest absolute Gasteiger partial charge is 0.453 e. The summed E-state index contributed by atoms with van der Waals surface area (Å²) in [5, 5.41) is 5.69. The van der Waals surface area contributed by atoms with Gasteiger partial charge < -0.3 is 15.8 Å². The molecule has 134 valence electrons. The minimum atomic E-state index is -0.498. The Morgan fingerprint density at radius 1 is 1.04 bits per heavy atom. The van der Waals surface area contributed by atoms with Gasteiger partial charge in [0.05, 0.1) is 13.7 Å². The minimum Gasteiger partial charge on any atom is -0.453 e. The van der Waals surface area contributed by atoms with Crippen molar-refractivity contribution in [3.8, 4) is 0 Å². The molecule has 1 amide bonds. The maximum absolute atomic E-state index is 11.1. The quantitative estimate of drug-likeness (QED) is 0.370. The van der Waals surface area contributed by atoms with Gasteiger partial charge in [0.25, 0.3) is 0 Å². The van der Waals surface area contributed by atoms with Gasteiger partial charge in [0, 0.05) is 11.4 Å². The number of aliphatic imine (C=N–C) groups is 1. The van der Waals surface area contributed by atoms with Crippen molar-refractivity contribution in [1.82, 2.24) is 0 Å². The molecule has 0 aliphatic carbocycles. The summed E-state index contributed by atoms with van der Waals surface area (Å²) >= 11 is 0. The number of nitrogens with one attached hydrogen (secondary N) is 2. The van der Waals surface area contributed by atoms with E-state index >= 15 is 0 Å². The van der Waals surface area contributed by atoms with Crippen LogP contribution in [0, 0.1) is 13.8 Å². The van der Waals surface area contributed by atoms with Crippen molar-refractivity contribution < 1.29 is 9.53 Å². The predicted molar refractivity (Wildman–Crippen MR) is 113 cm³/mol. The number of hydrogen-bond donors (Lipinski definition) is 3. The van der Waals surface area contributed by atoms with Gasteiger partial charge in [0.2, 0.25) is 0 Å². The van der Waals surface area contributed by atoms with Gasteiger partial charge in [-0.05, 0) is 54.8 Å². The summed E-state index contributed by atoms with van der Waals surface area (Å²) in [6.07, 6.45) is -0.498. The van der Waals surface area contributed by atoms with Crippen LogP contribution >= 0.6 is 24.0 Å². The molecular formula is C18H23IN4O2. The number of ether oxygens (including phenoxy) is 1. The third kappa shape index (κ3) is 7.00. The molecule has 0 spiro atoms. The van der Waals surface area contributed by atoms with Gasteiger partial charge in [0.15, 0.2) is 5.96 Å². The molecule has 7 heteroatoms. The van der Waals surface area contributed by atoms with Crippen molar-refractivity contribution in [2.75, 3.05) is 17.7 Å². The molecule has 0 aliphatic rings. The highest BCUT2D eigenvalue weighted by Gasteiger charge is 2.01. The molecule has 4 N–H and O–H groups in total. The molecule has 0 heterocycles. The van der Waals surface area contributed by atoms with Crippen LogP contribution in [0.3, 0.4) is 0 Å². The Morgan fingerprint density at radius 3 is 2.20 bits per heavy atom. The van der Waals surface area contributed by atoms with Crippen molar-refractivity contribution in [1.29, 1.82) is 0 Å². The highest BCUT2D eigenvalue weighted by atomic mass is 127. The molecule has 0 aromatic heterocycles. The number of hydrogen-bond acceptors (Lipinski definition) is 3. The van der Waals surface area contributed by atoms with Crippen molar-refractivity contribution >= 4 is 47.4 Å². The van der Waals surface area contributed by atoms with E-state index in [9.17, 15) is 4.79 Å². The van der Waals surface area contributed by atoms with Gasteiger partial charge in [-0.3, -0.25) is 5.32 Å². The number of nitrogens with two attached hydrogens (primary N) is 1. The second kappa shape index (κ2) is 9.87. The standard InChI is InChI=1S/C18H22N4O2.HI/c1-12-8-13(2)10-16(9-12)21-17(19)20-11-14-4-6-15(7-5-14)22-18(23)24-3;/h4-10H,11H2,1-3H3,(H,22,23)(H3,19,20,21);1H. The number of benzene rings is 2. The number of anilines is 2. The molecule has 2 rings (SSSR count). The number of nitrogens with zero attached hydrogens (tertiary/aromatic N) is 1. The third-order valence-corrected chi connectivity index (χ3v) is 3.31. The van der Waals surface area contributed by atoms with Crippen LogP contribution in [0.4, 0.5) is 16.2 Å². The van der Waals surface area contributed by atoms with E-state index in [2.05, 4.69) is 26.4 Å². The fourth-order valence-electron chi connectivity index (χ4n) is 2.27. The van der Waals surface area contributed by atoms with E-state index in [1.54, 1.807) is 12.1 Å². The summed E-state index contributed by atoms with van der Waals surface area (Å²) in [7, 11) is 1.32. The zero-order chi connectivity index (χ0) is 17.5. The summed E-state index contributed by atoms with van der Waals surface area (Å²) in [6, 6.07) is 13.5. The fourth-order valence-corrected chi connectivity index (χ4v) is 2.27. The number of amides is 1. The average Bonchev–Trinajstić information content (AvgIpc) is 2.53. The number of rotatable bonds is 4. The van der Waals surface area contributed by atoms with Crippen LogP contribution in [-0.4, -0.2) is 19.2 Å². The summed E-state index contributed by atoms with van der Waals surface area (Å²) in [5.41, 5.74) is 10.8. The molecule has 0 saturated carbocycles. The molecule has 0 radical (unpaired) electrons. The first-order valence-corrected chi connectivity index (χ1v) is 7.55. The lowest BCUT2D eigenvalue weighted by Gasteiger charge is -2.08. The molecule has 2 aromatic carbocycles. The van der Waals surface area contributed by atoms with Gasteiger partial charge in [-0.15, -0.1) is 24.0 Å². The topological polar surface area (TPSA) is 88.7 Å². The SMILES string of the molecule is COC(=O)Nc1ccc(CN=C(N)Nc2cc(C)cc(C)c2)cc1.I. The molecule has 2 aromatic rings. The molecule has 0 aliphatic heterocycles. The molecular weight excluding hydrogens is 431 g/mol. The lowest BCUT2D eigenvalue weighted by Crippen LogP contribution is -2.22. The number of halogens is 1. The van der Waals surface area contributed by atoms with Gasteiger partial charge in [-0.1, -0.05) is 18.2 Å². The molecule has 0 atom stereocenters. The Hall–Kier alpha value is -2.29. The normalized spacial score (nSPS) is 10.6. The monoisotopic (exact) mass is 454 g/mol. The van der Waals surface area contributed by atoms with Crippen LogP contribution in [-0.2, 0) is 11.3 Å². The fraction of sp³-hybridized carbons (Fsp3) is 0.222. The summed E-state index contributed by atoms with van der Waals surface area (Å²) < 4.78 is 4.54. The maximum Gasteiger partial charge on any atom is 0.411 e. The molecule has 25 heavy (non-hydrogen) atoms. The highest BCUT2D eigenvalue weighted by Crippen LogP contribution is 2.14. The lowest BCUT2D eigenvalue weighted by atomic mass is 10.1. The van der Waals surface area contributed by atoms with Crippen molar-refractivity contribution in [2.24, 2.45) is 10.7 Å². The van der Waals surface area contributed by atoms with Gasteiger partial charge >= 0.3 is 6.09 Å². The number of carbonyl (C=O) groups is 1. The minimum absolute atomic E-state index is 0. The van der Waals surface area contributed by atoms with Crippen LogP contribution in [0.15, 0.2) is 47.5 Å². The zero-order valence-corrected chi connectivity index (χ0v) is 16.8. The molecule has 0 fully saturated rings. The first-order valence-electron chi connectivity index (χ1n) is 7.55. The number of carbonyl (C=O) groups excluding carboxylic acids is 1. The molecule has 0 saturated heterocycles. The smallest absolute Gasteiger partial charge is 0.411 e. The Balaban J connectivity index is 0.00000312. The Bertz CT molecular complexity index is 725. The van der Waals surface area contributed by atoms with E-state index in [1.807, 2.05) is 38.1 Å². The summed E-state index contributed by atoms with van der Waals surface area (Å²) in [6.45, 7) is 4.52. The Kier molecular flexibility index (Phi) is 8.20. The molecule has 0 unspecified atom stereocenters. The van der Waals surface area contributed by atoms with Crippen LogP contribution in [0.5, 0.6) is 0 Å². The number of aryl methyl sites for hydroxylation is 2. The average molecular weight is 454 g/mol. The van der Waals surface area contributed by atoms with Gasteiger partial charge in [0.1, 0.15) is 0 Å². The summed E-state index contributed by atoms with van der Waals surface area (Å²) in [4.78, 5) is 15.4. The highest BCUT2D eigenvalue weighted by molar-refractivity contribution is 14.0. The van der Waals surface area contributed by atoms with Gasteiger partial charge in [-0.2, -0.15) is 0 Å². The first-order chi connectivity index (χ1) is 11.5. The maximum atomic E-state index is 11.1. The second-order valence-corrected chi connectivity index (χ2v) is 5.52. The number of methoxy groups -OCH3 is 1. The number of guanidine groups is 1. The van der Waals surface area contributed by atoms with Crippen LogP contribution in [0.1, 0.15) is 16.7 Å². The summed E-state index contributed by atoms with van der Waals surface area (Å²) in [5.74, 6) is 0.358. The lowest BCUT2D eigenvalue weighted by molar-refractivity contribution is 0.187. The van der Waals surface area contributed by atoms with E-state index in [1.165, 1.54) is 18.2 Å². The van der Waals surface area contributed by atoms with Crippen LogP contribution in [0.2, 0.25) is 0 Å². The Morgan fingerprint density at radius 2 is 1.64 bits per heavy atom. The predicted octanol–water partition coefficient (Wildman–Crippen LogP) is 4.03. The van der Waals surface area contributed by atoms with Gasteiger partial charge in [-0.25, -0.2) is 9.79 Å². The van der Waals surface area contributed by atoms with Crippen LogP contribution < -0.4 is 16.4 Å².